The number of nitrogens with two attached hydrogens (primary N) is 1. The van der Waals surface area contributed by atoms with Crippen LogP contribution in [0.25, 0.3) is 0 Å². The van der Waals surface area contributed by atoms with Crippen LogP contribution in [0, 0.1) is 0 Å². The number of hydrogen-bond donors (Lipinski definition) is 2. The van der Waals surface area contributed by atoms with E-state index in [0.29, 0.717) is 19.6 Å². The van der Waals surface area contributed by atoms with Crippen LogP contribution in [0.2, 0.25) is 0 Å². The largest absolute Gasteiger partial charge is 0.378 e. The number of halogens is 1. The van der Waals surface area contributed by atoms with Gasteiger partial charge in [-0.3, -0.25) is 4.79 Å². The average molecular weight is 372 g/mol. The molecule has 0 aliphatic carbocycles. The van der Waals surface area contributed by atoms with Gasteiger partial charge in [-0.15, -0.1) is 12.4 Å². The van der Waals surface area contributed by atoms with Gasteiger partial charge in [0, 0.05) is 32.1 Å². The zero-order valence-electron chi connectivity index (χ0n) is 14.0. The maximum absolute atomic E-state index is 12.5. The quantitative estimate of drug-likeness (QED) is 0.613. The summed E-state index contributed by atoms with van der Waals surface area (Å²) in [4.78, 5) is 11.5. The average Bonchev–Trinajstić information content (AvgIpc) is 2.45. The molecule has 1 aliphatic heterocycles. The van der Waals surface area contributed by atoms with Gasteiger partial charge in [0.15, 0.2) is 0 Å². The Balaban J connectivity index is 0.00000484. The highest BCUT2D eigenvalue weighted by molar-refractivity contribution is 7.89. The van der Waals surface area contributed by atoms with Crippen molar-refractivity contribution in [1.82, 2.24) is 9.62 Å². The molecule has 0 saturated carbocycles. The van der Waals surface area contributed by atoms with Crippen molar-refractivity contribution in [3.63, 3.8) is 0 Å². The Hall–Kier alpha value is -0.410. The standard InChI is InChI=1S/C14H29N3O4S.ClH/c1-12(2)21-9-10-22(19,20)17-8-4-3-5-13(17)11-16-14(18)6-7-15;/h12-13H,3-11,15H2,1-2H3,(H,16,18);1H. The highest BCUT2D eigenvalue weighted by atomic mass is 35.5. The molecule has 7 nitrogen and oxygen atoms in total. The summed E-state index contributed by atoms with van der Waals surface area (Å²) in [7, 11) is -3.36. The van der Waals surface area contributed by atoms with Crippen LogP contribution in [0.15, 0.2) is 0 Å². The van der Waals surface area contributed by atoms with Gasteiger partial charge in [-0.25, -0.2) is 8.42 Å². The fraction of sp³-hybridized carbons (Fsp3) is 0.929. The van der Waals surface area contributed by atoms with Crippen LogP contribution >= 0.6 is 12.4 Å². The monoisotopic (exact) mass is 371 g/mol. The van der Waals surface area contributed by atoms with Crippen molar-refractivity contribution >= 4 is 28.3 Å². The third-order valence-corrected chi connectivity index (χ3v) is 5.51. The molecule has 0 bridgehead atoms. The minimum atomic E-state index is -3.36. The van der Waals surface area contributed by atoms with E-state index in [9.17, 15) is 13.2 Å². The second-order valence-electron chi connectivity index (χ2n) is 5.84. The van der Waals surface area contributed by atoms with Crippen LogP contribution in [0.4, 0.5) is 0 Å². The van der Waals surface area contributed by atoms with Crippen LogP contribution in [-0.4, -0.2) is 62.8 Å². The summed E-state index contributed by atoms with van der Waals surface area (Å²) in [5.74, 6) is -0.146. The smallest absolute Gasteiger partial charge is 0.221 e. The van der Waals surface area contributed by atoms with Gasteiger partial charge in [0.05, 0.1) is 18.5 Å². The summed E-state index contributed by atoms with van der Waals surface area (Å²) < 4.78 is 31.8. The van der Waals surface area contributed by atoms with Gasteiger partial charge in [0.2, 0.25) is 15.9 Å². The van der Waals surface area contributed by atoms with Gasteiger partial charge < -0.3 is 15.8 Å². The number of sulfonamides is 1. The Kier molecular flexibility index (Phi) is 11.0. The summed E-state index contributed by atoms with van der Waals surface area (Å²) in [6, 6.07) is -0.167. The minimum absolute atomic E-state index is 0. The first-order valence-electron chi connectivity index (χ1n) is 7.94. The van der Waals surface area contributed by atoms with Gasteiger partial charge in [0.1, 0.15) is 0 Å². The summed E-state index contributed by atoms with van der Waals surface area (Å²) in [5.41, 5.74) is 5.33. The number of nitrogens with one attached hydrogen (secondary N) is 1. The minimum Gasteiger partial charge on any atom is -0.378 e. The molecule has 1 heterocycles. The van der Waals surface area contributed by atoms with Crippen LogP contribution in [-0.2, 0) is 19.6 Å². The molecule has 0 radical (unpaired) electrons. The molecular formula is C14H30ClN3O4S. The lowest BCUT2D eigenvalue weighted by molar-refractivity contribution is -0.121. The zero-order valence-corrected chi connectivity index (χ0v) is 15.6. The number of piperidine rings is 1. The van der Waals surface area contributed by atoms with E-state index in [0.717, 1.165) is 19.3 Å². The molecule has 0 spiro atoms. The van der Waals surface area contributed by atoms with Crippen LogP contribution in [0.3, 0.4) is 0 Å². The predicted octanol–water partition coefficient (Wildman–Crippen LogP) is 0.483. The molecule has 1 amide bonds. The number of rotatable bonds is 9. The Labute approximate surface area is 145 Å². The second-order valence-corrected chi connectivity index (χ2v) is 7.88. The lowest BCUT2D eigenvalue weighted by Crippen LogP contribution is -2.50. The van der Waals surface area contributed by atoms with Gasteiger partial charge in [-0.05, 0) is 26.7 Å². The van der Waals surface area contributed by atoms with Crippen molar-refractivity contribution in [2.75, 3.05) is 32.0 Å². The van der Waals surface area contributed by atoms with Crippen molar-refractivity contribution in [3.8, 4) is 0 Å². The van der Waals surface area contributed by atoms with E-state index in [1.807, 2.05) is 13.8 Å². The fourth-order valence-corrected chi connectivity index (χ4v) is 4.08. The van der Waals surface area contributed by atoms with E-state index in [-0.39, 0.29) is 49.2 Å². The first-order valence-corrected chi connectivity index (χ1v) is 9.55. The lowest BCUT2D eigenvalue weighted by atomic mass is 10.1. The third kappa shape index (κ3) is 8.30. The van der Waals surface area contributed by atoms with Crippen LogP contribution < -0.4 is 11.1 Å². The first-order chi connectivity index (χ1) is 10.4. The number of carbonyl (C=O) groups is 1. The Morgan fingerprint density at radius 1 is 1.39 bits per heavy atom. The molecule has 0 aromatic heterocycles. The lowest BCUT2D eigenvalue weighted by Gasteiger charge is -2.34. The molecular weight excluding hydrogens is 342 g/mol. The van der Waals surface area contributed by atoms with Gasteiger partial charge in [-0.2, -0.15) is 4.31 Å². The third-order valence-electron chi connectivity index (χ3n) is 3.63. The van der Waals surface area contributed by atoms with E-state index in [1.54, 1.807) is 0 Å². The number of amides is 1. The van der Waals surface area contributed by atoms with E-state index in [1.165, 1.54) is 4.31 Å². The maximum Gasteiger partial charge on any atom is 0.221 e. The number of ether oxygens (including phenoxy) is 1. The van der Waals surface area contributed by atoms with Crippen molar-refractivity contribution in [2.45, 2.75) is 51.7 Å². The van der Waals surface area contributed by atoms with E-state index < -0.39 is 10.0 Å². The van der Waals surface area contributed by atoms with Crippen LogP contribution in [0.5, 0.6) is 0 Å². The highest BCUT2D eigenvalue weighted by Gasteiger charge is 2.32. The highest BCUT2D eigenvalue weighted by Crippen LogP contribution is 2.20. The molecule has 1 saturated heterocycles. The van der Waals surface area contributed by atoms with Crippen molar-refractivity contribution in [1.29, 1.82) is 0 Å². The predicted molar refractivity (Wildman–Crippen MR) is 93.1 cm³/mol. The number of nitrogens with zero attached hydrogens (tertiary/aromatic N) is 1. The molecule has 1 unspecified atom stereocenters. The summed E-state index contributed by atoms with van der Waals surface area (Å²) >= 11 is 0. The van der Waals surface area contributed by atoms with Crippen molar-refractivity contribution in [2.24, 2.45) is 5.73 Å². The molecule has 1 fully saturated rings. The number of carbonyl (C=O) groups excluding carboxylic acids is 1. The first kappa shape index (κ1) is 22.6. The molecule has 0 aromatic rings. The normalized spacial score (nSPS) is 19.4. The Morgan fingerprint density at radius 2 is 2.09 bits per heavy atom. The zero-order chi connectivity index (χ0) is 16.6. The van der Waals surface area contributed by atoms with Gasteiger partial charge in [0.25, 0.3) is 0 Å². The fourth-order valence-electron chi connectivity index (χ4n) is 2.50. The second kappa shape index (κ2) is 11.2. The van der Waals surface area contributed by atoms with Crippen LogP contribution in [0.1, 0.15) is 39.5 Å². The summed E-state index contributed by atoms with van der Waals surface area (Å²) in [5, 5.41) is 2.77. The molecule has 0 aromatic carbocycles. The topological polar surface area (TPSA) is 102 Å². The Morgan fingerprint density at radius 3 is 2.70 bits per heavy atom. The molecule has 1 atom stereocenters. The molecule has 138 valence electrons. The molecule has 3 N–H and O–H groups in total. The van der Waals surface area contributed by atoms with Gasteiger partial charge >= 0.3 is 0 Å². The molecule has 1 rings (SSSR count). The van der Waals surface area contributed by atoms with E-state index >= 15 is 0 Å². The van der Waals surface area contributed by atoms with Crippen molar-refractivity contribution < 1.29 is 17.9 Å². The van der Waals surface area contributed by atoms with E-state index in [4.69, 9.17) is 10.5 Å². The van der Waals surface area contributed by atoms with Crippen molar-refractivity contribution in [3.05, 3.63) is 0 Å². The SMILES string of the molecule is CC(C)OCCS(=O)(=O)N1CCCCC1CNC(=O)CCN.Cl. The Bertz CT molecular complexity index is 445. The summed E-state index contributed by atoms with van der Waals surface area (Å²) in [6.07, 6.45) is 2.89. The number of hydrogen-bond acceptors (Lipinski definition) is 5. The van der Waals surface area contributed by atoms with Gasteiger partial charge in [-0.1, -0.05) is 6.42 Å². The maximum atomic E-state index is 12.5. The molecule has 9 heteroatoms. The molecule has 1 aliphatic rings. The van der Waals surface area contributed by atoms with E-state index in [2.05, 4.69) is 5.32 Å². The summed E-state index contributed by atoms with van der Waals surface area (Å²) in [6.45, 7) is 5.12. The molecule has 23 heavy (non-hydrogen) atoms.